The van der Waals surface area contributed by atoms with Gasteiger partial charge in [0.2, 0.25) is 15.9 Å². The molecule has 21 heteroatoms. The molecule has 7 rings (SSSR count). The quantitative estimate of drug-likeness (QED) is 0.126. The zero-order valence-electron chi connectivity index (χ0n) is 31.8. The summed E-state index contributed by atoms with van der Waals surface area (Å²) in [6.07, 6.45) is -1.89. The van der Waals surface area contributed by atoms with E-state index in [4.69, 9.17) is 16.6 Å². The molecule has 4 heterocycles. The van der Waals surface area contributed by atoms with Crippen LogP contribution in [0.1, 0.15) is 61.1 Å². The van der Waals surface area contributed by atoms with Gasteiger partial charge in [-0.25, -0.2) is 22.2 Å². The Bertz CT molecular complexity index is 2730. The number of halogens is 8. The summed E-state index contributed by atoms with van der Waals surface area (Å²) in [4.78, 5) is 18.9. The maximum absolute atomic E-state index is 15.4. The highest BCUT2D eigenvalue weighted by atomic mass is 35.5. The second-order valence-corrected chi connectivity index (χ2v) is 16.9. The highest BCUT2D eigenvalue weighted by Gasteiger charge is 2.54. The lowest BCUT2D eigenvalue weighted by molar-refractivity contribution is -0.142. The van der Waals surface area contributed by atoms with Crippen LogP contribution in [0.2, 0.25) is 5.02 Å². The Labute approximate surface area is 337 Å². The summed E-state index contributed by atoms with van der Waals surface area (Å²) in [7, 11) is -2.32. The van der Waals surface area contributed by atoms with Crippen molar-refractivity contribution in [3.63, 3.8) is 0 Å². The molecule has 0 fully saturated rings. The molecule has 0 saturated heterocycles. The Morgan fingerprint density at radius 2 is 1.73 bits per heavy atom. The summed E-state index contributed by atoms with van der Waals surface area (Å²) in [6, 6.07) is 7.61. The van der Waals surface area contributed by atoms with E-state index in [1.807, 2.05) is 13.8 Å². The second kappa shape index (κ2) is 15.0. The summed E-state index contributed by atoms with van der Waals surface area (Å²) < 4.78 is 133. The number of carbonyl (C=O) groups excluding carboxylic acids is 1. The molecule has 1 aliphatic rings. The fourth-order valence-corrected chi connectivity index (χ4v) is 8.09. The molecule has 59 heavy (non-hydrogen) atoms. The van der Waals surface area contributed by atoms with Crippen molar-refractivity contribution in [2.75, 3.05) is 11.0 Å². The summed E-state index contributed by atoms with van der Waals surface area (Å²) in [6.45, 7) is 3.81. The molecule has 2 atom stereocenters. The molecule has 6 aromatic rings. The van der Waals surface area contributed by atoms with Gasteiger partial charge < -0.3 is 5.32 Å². The number of carbonyl (C=O) groups is 1. The number of anilines is 1. The van der Waals surface area contributed by atoms with Gasteiger partial charge in [-0.05, 0) is 56.5 Å². The smallest absolute Gasteiger partial charge is 0.346 e. The highest BCUT2D eigenvalue weighted by Crippen LogP contribution is 2.49. The van der Waals surface area contributed by atoms with Crippen molar-refractivity contribution in [3.05, 3.63) is 99.7 Å². The van der Waals surface area contributed by atoms with Crippen LogP contribution in [0.15, 0.2) is 54.9 Å². The van der Waals surface area contributed by atoms with Gasteiger partial charge in [0, 0.05) is 53.5 Å². The van der Waals surface area contributed by atoms with E-state index >= 15 is 8.78 Å². The molecule has 12 nitrogen and oxygen atoms in total. The monoisotopic (exact) mass is 865 g/mol. The zero-order valence-corrected chi connectivity index (χ0v) is 33.4. The first-order valence-corrected chi connectivity index (χ1v) is 20.3. The van der Waals surface area contributed by atoms with Crippen LogP contribution in [0.5, 0.6) is 0 Å². The topological polar surface area (TPSA) is 142 Å². The maximum Gasteiger partial charge on any atom is 0.435 e. The van der Waals surface area contributed by atoms with Crippen LogP contribution < -0.4 is 10.0 Å². The SMILES string of the molecule is CC(C)n1cc(-c2ccc(-c3ccc(Cl)c4c(NS(C)(=O)=O)nn(C)c34)c([C@H](Cc3cc(F)cc(F)c3)NC(=O)Cn3nc(C(F)(F)F)c4c3C(F)(F)[C@H](C)C4)n2)cn1. The van der Waals surface area contributed by atoms with Gasteiger partial charge in [-0.2, -0.15) is 37.2 Å². The molecule has 2 N–H and O–H groups in total. The Hall–Kier alpha value is -5.50. The van der Waals surface area contributed by atoms with Gasteiger partial charge in [-0.1, -0.05) is 30.7 Å². The van der Waals surface area contributed by atoms with E-state index in [1.165, 1.54) is 17.8 Å². The molecule has 1 amide bonds. The summed E-state index contributed by atoms with van der Waals surface area (Å²) in [5, 5.41) is 15.1. The Morgan fingerprint density at radius 3 is 2.36 bits per heavy atom. The third kappa shape index (κ3) is 8.11. The van der Waals surface area contributed by atoms with Crippen molar-refractivity contribution in [1.29, 1.82) is 0 Å². The minimum absolute atomic E-state index is 0.0275. The number of sulfonamides is 1. The third-order valence-corrected chi connectivity index (χ3v) is 10.8. The lowest BCUT2D eigenvalue weighted by atomic mass is 9.93. The molecule has 0 bridgehead atoms. The van der Waals surface area contributed by atoms with E-state index in [1.54, 1.807) is 35.3 Å². The lowest BCUT2D eigenvalue weighted by Crippen LogP contribution is -2.35. The largest absolute Gasteiger partial charge is 0.435 e. The van der Waals surface area contributed by atoms with Crippen molar-refractivity contribution in [2.45, 2.75) is 64.3 Å². The maximum atomic E-state index is 15.4. The average Bonchev–Trinajstić information content (AvgIpc) is 3.87. The number of pyridine rings is 1. The number of hydrogen-bond donors (Lipinski definition) is 2. The predicted octanol–water partition coefficient (Wildman–Crippen LogP) is 7.98. The Kier molecular flexibility index (Phi) is 10.6. The number of benzene rings is 2. The van der Waals surface area contributed by atoms with Crippen LogP contribution in [0.4, 0.5) is 36.6 Å². The van der Waals surface area contributed by atoms with Gasteiger partial charge in [-0.3, -0.25) is 23.6 Å². The number of nitrogens with one attached hydrogen (secondary N) is 2. The molecule has 0 unspecified atom stereocenters. The van der Waals surface area contributed by atoms with E-state index in [0.717, 1.165) is 25.3 Å². The average molecular weight is 866 g/mol. The first kappa shape index (κ1) is 41.7. The summed E-state index contributed by atoms with van der Waals surface area (Å²) in [5.74, 6) is -8.32. The van der Waals surface area contributed by atoms with Crippen LogP contribution in [0.3, 0.4) is 0 Å². The van der Waals surface area contributed by atoms with Crippen LogP contribution >= 0.6 is 11.6 Å². The molecule has 0 spiro atoms. The Morgan fingerprint density at radius 1 is 1.05 bits per heavy atom. The van der Waals surface area contributed by atoms with Gasteiger partial charge in [0.1, 0.15) is 23.9 Å². The number of fused-ring (bicyclic) bond motifs is 2. The Balaban J connectivity index is 1.42. The fourth-order valence-electron chi connectivity index (χ4n) is 7.36. The van der Waals surface area contributed by atoms with Gasteiger partial charge in [-0.15, -0.1) is 0 Å². The van der Waals surface area contributed by atoms with E-state index in [0.29, 0.717) is 33.1 Å². The van der Waals surface area contributed by atoms with Gasteiger partial charge >= 0.3 is 6.18 Å². The number of aromatic nitrogens is 7. The van der Waals surface area contributed by atoms with E-state index in [2.05, 4.69) is 25.3 Å². The number of alkyl halides is 5. The fraction of sp³-hybridized carbons (Fsp3) is 0.342. The highest BCUT2D eigenvalue weighted by molar-refractivity contribution is 7.92. The number of hydrogen-bond acceptors (Lipinski definition) is 7. The predicted molar refractivity (Wildman–Crippen MR) is 204 cm³/mol. The zero-order chi connectivity index (χ0) is 42.9. The summed E-state index contributed by atoms with van der Waals surface area (Å²) in [5.41, 5.74) is -1.40. The second-order valence-electron chi connectivity index (χ2n) is 14.8. The minimum Gasteiger partial charge on any atom is -0.346 e. The summed E-state index contributed by atoms with van der Waals surface area (Å²) >= 11 is 6.61. The standard InChI is InChI=1S/C38H35ClF7N9O3S/c1-18(2)54-16-21(15-47-54)28-9-7-24(25-6-8-27(39)31-33(25)53(4)51-36(31)52-59(5,57)58)32(49-28)29(13-20-11-22(40)14-23(41)12-20)48-30(56)17-55-35-26(10-19(3)37(35,42)43)34(50-55)38(44,45)46/h6-9,11-12,14-16,18-19,29H,10,13,17H2,1-5H3,(H,48,56)(H,51,52)/t19-,29+/m1/s1. The number of rotatable bonds is 11. The number of aryl methyl sites for hydroxylation is 1. The molecule has 1 aliphatic carbocycles. The molecule has 4 aromatic heterocycles. The molecule has 2 aromatic carbocycles. The normalized spacial score (nSPS) is 15.9. The van der Waals surface area contributed by atoms with Gasteiger partial charge in [0.15, 0.2) is 11.5 Å². The number of amides is 1. The molecule has 0 saturated carbocycles. The third-order valence-electron chi connectivity index (χ3n) is 9.95. The van der Waals surface area contributed by atoms with Gasteiger partial charge in [0.05, 0.1) is 45.8 Å². The minimum atomic E-state index is -5.09. The molecular formula is C38H35ClF7N9O3S. The molecule has 312 valence electrons. The lowest BCUT2D eigenvalue weighted by Gasteiger charge is -2.23. The van der Waals surface area contributed by atoms with Crippen LogP contribution in [0, 0.1) is 17.6 Å². The van der Waals surface area contributed by atoms with Crippen molar-refractivity contribution in [3.8, 4) is 22.4 Å². The van der Waals surface area contributed by atoms with Crippen LogP contribution in [-0.2, 0) is 53.4 Å². The van der Waals surface area contributed by atoms with Crippen molar-refractivity contribution < 1.29 is 43.9 Å². The van der Waals surface area contributed by atoms with Crippen molar-refractivity contribution in [2.24, 2.45) is 13.0 Å². The van der Waals surface area contributed by atoms with Crippen molar-refractivity contribution in [1.82, 2.24) is 39.6 Å². The van der Waals surface area contributed by atoms with Crippen LogP contribution in [-0.4, -0.2) is 54.9 Å². The van der Waals surface area contributed by atoms with Gasteiger partial charge in [0.25, 0.3) is 5.92 Å². The molecule has 0 radical (unpaired) electrons. The first-order chi connectivity index (χ1) is 27.5. The first-order valence-electron chi connectivity index (χ1n) is 18.0. The van der Waals surface area contributed by atoms with E-state index in [-0.39, 0.29) is 45.5 Å². The number of nitrogens with zero attached hydrogens (tertiary/aromatic N) is 7. The van der Waals surface area contributed by atoms with Crippen LogP contribution in [0.25, 0.3) is 33.3 Å². The van der Waals surface area contributed by atoms with E-state index in [9.17, 15) is 35.2 Å². The molecular weight excluding hydrogens is 831 g/mol. The van der Waals surface area contributed by atoms with E-state index < -0.39 is 81.5 Å². The van der Waals surface area contributed by atoms with Crippen molar-refractivity contribution >= 4 is 44.3 Å². The molecule has 0 aliphatic heterocycles.